The molecule has 0 spiro atoms. The number of oxazole rings is 1. The highest BCUT2D eigenvalue weighted by molar-refractivity contribution is 6.03. The summed E-state index contributed by atoms with van der Waals surface area (Å²) in [6, 6.07) is 4.96. The third-order valence-corrected chi connectivity index (χ3v) is 2.31. The summed E-state index contributed by atoms with van der Waals surface area (Å²) < 4.78 is 5.33. The van der Waals surface area contributed by atoms with E-state index in [4.69, 9.17) is 4.42 Å². The first kappa shape index (κ1) is 10.8. The largest absolute Gasteiger partial charge is 0.441 e. The fourth-order valence-corrected chi connectivity index (χ4v) is 1.53. The summed E-state index contributed by atoms with van der Waals surface area (Å²) in [6.07, 6.45) is 0. The highest BCUT2D eigenvalue weighted by Crippen LogP contribution is 2.20. The molecule has 2 rings (SSSR count). The van der Waals surface area contributed by atoms with Crippen LogP contribution in [-0.4, -0.2) is 21.5 Å². The molecule has 0 aliphatic rings. The van der Waals surface area contributed by atoms with E-state index in [2.05, 4.69) is 4.98 Å². The Bertz CT molecular complexity index is 549. The fraction of sp³-hybridized carbons (Fsp3) is 0.333. The van der Waals surface area contributed by atoms with Gasteiger partial charge in [0.05, 0.1) is 0 Å². The average molecular weight is 219 g/mol. The van der Waals surface area contributed by atoms with Gasteiger partial charge in [-0.15, -0.1) is 0 Å². The summed E-state index contributed by atoms with van der Waals surface area (Å²) in [5.74, 6) is 0.228. The van der Waals surface area contributed by atoms with Gasteiger partial charge in [-0.2, -0.15) is 0 Å². The maximum atomic E-state index is 11.8. The summed E-state index contributed by atoms with van der Waals surface area (Å²) in [6.45, 7) is 4.67. The first-order chi connectivity index (χ1) is 7.38. The second-order valence-electron chi connectivity index (χ2n) is 4.30. The molecule has 0 saturated carbocycles. The number of aromatic nitrogens is 1. The normalized spacial score (nSPS) is 12.0. The van der Waals surface area contributed by atoms with Crippen molar-refractivity contribution >= 4 is 16.9 Å². The third kappa shape index (κ3) is 1.84. The quantitative estimate of drug-likeness (QED) is 0.785. The predicted octanol–water partition coefficient (Wildman–Crippen LogP) is 2.09. The number of benzene rings is 1. The van der Waals surface area contributed by atoms with Gasteiger partial charge < -0.3 is 9.52 Å². The van der Waals surface area contributed by atoms with Crippen molar-refractivity contribution in [1.29, 1.82) is 0 Å². The Labute approximate surface area is 92.9 Å². The highest BCUT2D eigenvalue weighted by Gasteiger charge is 2.25. The number of aliphatic hydroxyl groups is 1. The molecule has 0 unspecified atom stereocenters. The Kier molecular flexibility index (Phi) is 2.31. The van der Waals surface area contributed by atoms with E-state index in [-0.39, 0.29) is 5.78 Å². The summed E-state index contributed by atoms with van der Waals surface area (Å²) >= 11 is 0. The summed E-state index contributed by atoms with van der Waals surface area (Å²) in [5, 5.41) is 9.62. The molecule has 0 bridgehead atoms. The zero-order valence-electron chi connectivity index (χ0n) is 9.44. The Morgan fingerprint density at radius 1 is 1.44 bits per heavy atom. The Hall–Kier alpha value is -1.68. The van der Waals surface area contributed by atoms with Crippen molar-refractivity contribution in [1.82, 2.24) is 4.98 Å². The SMILES string of the molecule is Cc1nc2ccc(C(=O)C(C)(C)O)cc2o1. The monoisotopic (exact) mass is 219 g/mol. The lowest BCUT2D eigenvalue weighted by Crippen LogP contribution is -2.30. The van der Waals surface area contributed by atoms with Crippen LogP contribution in [0.4, 0.5) is 0 Å². The van der Waals surface area contributed by atoms with Crippen LogP contribution in [0.5, 0.6) is 0 Å². The summed E-state index contributed by atoms with van der Waals surface area (Å²) in [5.41, 5.74) is 0.330. The molecule has 4 heteroatoms. The first-order valence-electron chi connectivity index (χ1n) is 5.02. The van der Waals surface area contributed by atoms with E-state index in [0.717, 1.165) is 0 Å². The number of nitrogens with zero attached hydrogens (tertiary/aromatic N) is 1. The summed E-state index contributed by atoms with van der Waals surface area (Å²) in [7, 11) is 0. The minimum absolute atomic E-state index is 0.330. The van der Waals surface area contributed by atoms with E-state index in [0.29, 0.717) is 22.6 Å². The van der Waals surface area contributed by atoms with Crippen LogP contribution in [0.1, 0.15) is 30.1 Å². The van der Waals surface area contributed by atoms with Gasteiger partial charge in [0, 0.05) is 12.5 Å². The molecule has 0 amide bonds. The molecule has 1 aromatic carbocycles. The van der Waals surface area contributed by atoms with Crippen LogP contribution in [0.25, 0.3) is 11.1 Å². The minimum Gasteiger partial charge on any atom is -0.441 e. The van der Waals surface area contributed by atoms with Crippen molar-refractivity contribution in [3.8, 4) is 0 Å². The van der Waals surface area contributed by atoms with Crippen LogP contribution >= 0.6 is 0 Å². The molecule has 16 heavy (non-hydrogen) atoms. The highest BCUT2D eigenvalue weighted by atomic mass is 16.3. The molecular formula is C12H13NO3. The smallest absolute Gasteiger partial charge is 0.193 e. The van der Waals surface area contributed by atoms with E-state index in [1.165, 1.54) is 13.8 Å². The standard InChI is InChI=1S/C12H13NO3/c1-7-13-9-5-4-8(6-10(9)16-7)11(14)12(2,3)15/h4-6,15H,1-3H3. The molecular weight excluding hydrogens is 206 g/mol. The number of hydrogen-bond donors (Lipinski definition) is 1. The van der Waals surface area contributed by atoms with Crippen LogP contribution in [-0.2, 0) is 0 Å². The first-order valence-corrected chi connectivity index (χ1v) is 5.02. The van der Waals surface area contributed by atoms with Crippen molar-refractivity contribution in [3.05, 3.63) is 29.7 Å². The van der Waals surface area contributed by atoms with Crippen LogP contribution < -0.4 is 0 Å². The maximum Gasteiger partial charge on any atom is 0.193 e. The lowest BCUT2D eigenvalue weighted by atomic mass is 9.97. The predicted molar refractivity (Wildman–Crippen MR) is 59.4 cm³/mol. The van der Waals surface area contributed by atoms with Gasteiger partial charge in [0.1, 0.15) is 11.1 Å². The number of hydrogen-bond acceptors (Lipinski definition) is 4. The second kappa shape index (κ2) is 3.42. The van der Waals surface area contributed by atoms with Gasteiger partial charge in [-0.05, 0) is 32.0 Å². The molecule has 0 saturated heterocycles. The molecule has 0 aliphatic carbocycles. The van der Waals surface area contributed by atoms with Crippen molar-refractivity contribution in [2.45, 2.75) is 26.4 Å². The molecule has 0 atom stereocenters. The van der Waals surface area contributed by atoms with Crippen molar-refractivity contribution in [2.24, 2.45) is 0 Å². The van der Waals surface area contributed by atoms with Gasteiger partial charge in [-0.25, -0.2) is 4.98 Å². The van der Waals surface area contributed by atoms with Crippen LogP contribution in [0.2, 0.25) is 0 Å². The van der Waals surface area contributed by atoms with Gasteiger partial charge >= 0.3 is 0 Å². The van der Waals surface area contributed by atoms with Gasteiger partial charge in [0.2, 0.25) is 0 Å². The zero-order valence-corrected chi connectivity index (χ0v) is 9.44. The third-order valence-electron chi connectivity index (χ3n) is 2.31. The van der Waals surface area contributed by atoms with Crippen LogP contribution in [0.15, 0.2) is 22.6 Å². The van der Waals surface area contributed by atoms with Crippen molar-refractivity contribution in [3.63, 3.8) is 0 Å². The molecule has 1 N–H and O–H groups in total. The van der Waals surface area contributed by atoms with Crippen molar-refractivity contribution in [2.75, 3.05) is 0 Å². The van der Waals surface area contributed by atoms with Crippen molar-refractivity contribution < 1.29 is 14.3 Å². The van der Waals surface area contributed by atoms with E-state index in [1.807, 2.05) is 0 Å². The topological polar surface area (TPSA) is 63.3 Å². The molecule has 0 fully saturated rings. The average Bonchev–Trinajstić information content (AvgIpc) is 2.54. The number of fused-ring (bicyclic) bond motifs is 1. The molecule has 0 aliphatic heterocycles. The number of ketones is 1. The molecule has 1 heterocycles. The number of aryl methyl sites for hydroxylation is 1. The molecule has 0 radical (unpaired) electrons. The maximum absolute atomic E-state index is 11.8. The Morgan fingerprint density at radius 2 is 2.12 bits per heavy atom. The second-order valence-corrected chi connectivity index (χ2v) is 4.30. The minimum atomic E-state index is -1.37. The Balaban J connectivity index is 2.51. The van der Waals surface area contributed by atoms with E-state index < -0.39 is 5.60 Å². The number of carbonyl (C=O) groups is 1. The Morgan fingerprint density at radius 3 is 2.75 bits per heavy atom. The lowest BCUT2D eigenvalue weighted by molar-refractivity contribution is 0.0488. The van der Waals surface area contributed by atoms with E-state index in [9.17, 15) is 9.90 Å². The van der Waals surface area contributed by atoms with Gasteiger partial charge in [0.15, 0.2) is 17.3 Å². The zero-order chi connectivity index (χ0) is 11.9. The number of carbonyl (C=O) groups excluding carboxylic acids is 1. The fourth-order valence-electron chi connectivity index (χ4n) is 1.53. The number of Topliss-reactive ketones (excluding diaryl/α,β-unsaturated/α-hetero) is 1. The van der Waals surface area contributed by atoms with Gasteiger partial charge in [0.25, 0.3) is 0 Å². The molecule has 84 valence electrons. The molecule has 2 aromatic rings. The van der Waals surface area contributed by atoms with E-state index >= 15 is 0 Å². The van der Waals surface area contributed by atoms with E-state index in [1.54, 1.807) is 25.1 Å². The lowest BCUT2D eigenvalue weighted by Gasteiger charge is -2.14. The van der Waals surface area contributed by atoms with Crippen LogP contribution in [0, 0.1) is 6.92 Å². The van der Waals surface area contributed by atoms with Gasteiger partial charge in [-0.1, -0.05) is 0 Å². The van der Waals surface area contributed by atoms with Gasteiger partial charge in [-0.3, -0.25) is 4.79 Å². The van der Waals surface area contributed by atoms with Crippen LogP contribution in [0.3, 0.4) is 0 Å². The molecule has 1 aromatic heterocycles. The number of rotatable bonds is 2. The molecule has 4 nitrogen and oxygen atoms in total. The summed E-state index contributed by atoms with van der Waals surface area (Å²) in [4.78, 5) is 15.9.